The molecule has 1 aliphatic carbocycles. The molecule has 56 heavy (non-hydrogen) atoms. The second kappa shape index (κ2) is 12.2. The molecule has 3 aromatic carbocycles. The molecule has 0 radical (unpaired) electrons. The zero-order valence-electron chi connectivity index (χ0n) is 30.8. The molecule has 5 aromatic rings. The molecule has 5 atom stereocenters. The molecule has 10 rings (SSSR count). The number of phosphoric ester groups is 1. The van der Waals surface area contributed by atoms with Gasteiger partial charge in [-0.25, -0.2) is 14.5 Å². The number of ether oxygens (including phenoxy) is 1. The lowest BCUT2D eigenvalue weighted by Crippen LogP contribution is -2.53. The normalized spacial score (nSPS) is 22.9. The molecule has 0 fully saturated rings. The van der Waals surface area contributed by atoms with Crippen LogP contribution in [0.4, 0.5) is 5.69 Å². The van der Waals surface area contributed by atoms with E-state index in [9.17, 15) is 23.9 Å². The molecule has 1 spiro atoms. The summed E-state index contributed by atoms with van der Waals surface area (Å²) in [5.74, 6) is -0.176. The van der Waals surface area contributed by atoms with Gasteiger partial charge < -0.3 is 39.3 Å². The number of phosphoric acid groups is 1. The van der Waals surface area contributed by atoms with E-state index < -0.39 is 55.4 Å². The van der Waals surface area contributed by atoms with Crippen LogP contribution >= 0.6 is 7.82 Å². The third-order valence-corrected chi connectivity index (χ3v) is 12.0. The first kappa shape index (κ1) is 34.9. The first-order valence-corrected chi connectivity index (χ1v) is 20.2. The molecule has 2 aromatic heterocycles. The second-order valence-electron chi connectivity index (χ2n) is 15.7. The first-order chi connectivity index (χ1) is 26.8. The number of anilines is 1. The molecule has 14 nitrogen and oxygen atoms in total. The summed E-state index contributed by atoms with van der Waals surface area (Å²) in [6, 6.07) is 16.2. The number of rotatable bonds is 6. The lowest BCUT2D eigenvalue weighted by Gasteiger charge is -2.29. The fraction of sp³-hybridized carbons (Fsp3) is 0.317. The number of benzene rings is 3. The number of para-hydroxylation sites is 1. The smallest absolute Gasteiger partial charge is 0.469 e. The summed E-state index contributed by atoms with van der Waals surface area (Å²) in [7, 11) is -5.04. The number of aromatic nitrogens is 2. The van der Waals surface area contributed by atoms with Crippen molar-refractivity contribution in [2.24, 2.45) is 11.8 Å². The van der Waals surface area contributed by atoms with Crippen molar-refractivity contribution in [1.82, 2.24) is 20.6 Å². The highest BCUT2D eigenvalue weighted by atomic mass is 31.2. The van der Waals surface area contributed by atoms with Gasteiger partial charge in [-0.1, -0.05) is 82.3 Å². The van der Waals surface area contributed by atoms with Gasteiger partial charge in [-0.2, -0.15) is 0 Å². The van der Waals surface area contributed by atoms with Crippen molar-refractivity contribution in [3.8, 4) is 28.5 Å². The van der Waals surface area contributed by atoms with Crippen molar-refractivity contribution in [1.29, 1.82) is 0 Å². The summed E-state index contributed by atoms with van der Waals surface area (Å²) in [4.78, 5) is 57.0. The van der Waals surface area contributed by atoms with E-state index in [-0.39, 0.29) is 24.1 Å². The van der Waals surface area contributed by atoms with E-state index in [2.05, 4.69) is 52.4 Å². The van der Waals surface area contributed by atoms with E-state index in [0.717, 1.165) is 45.5 Å². The summed E-state index contributed by atoms with van der Waals surface area (Å²) < 4.78 is 37.1. The Morgan fingerprint density at radius 3 is 2.62 bits per heavy atom. The monoisotopic (exact) mass is 775 g/mol. The molecule has 6 heterocycles. The van der Waals surface area contributed by atoms with Gasteiger partial charge in [-0.3, -0.25) is 14.1 Å². The SMILES string of the molecule is CC(C)C1NC(=O)[C@@H](NC(=O)[C@@H](OP(=O)(O)O)C(C)C)Cc2ccc3c(c2)C24c5cccc(c5N[C@H]2O3)-c2cccc3c2C(=CC3)c2cnc(o2)-c2nc1oc24. The van der Waals surface area contributed by atoms with Crippen LogP contribution in [-0.2, 0) is 36.9 Å². The van der Waals surface area contributed by atoms with Gasteiger partial charge >= 0.3 is 7.82 Å². The van der Waals surface area contributed by atoms with Crippen LogP contribution in [-0.4, -0.2) is 49.9 Å². The van der Waals surface area contributed by atoms with Gasteiger partial charge in [0.1, 0.15) is 29.4 Å². The van der Waals surface area contributed by atoms with Gasteiger partial charge in [0.05, 0.1) is 6.20 Å². The maximum Gasteiger partial charge on any atom is 0.470 e. The quantitative estimate of drug-likeness (QED) is 0.131. The average Bonchev–Trinajstić information content (AvgIpc) is 3.98. The Morgan fingerprint density at radius 2 is 1.84 bits per heavy atom. The Hall–Kier alpha value is -5.53. The molecule has 4 aliphatic heterocycles. The number of nitrogens with zero attached hydrogens (tertiary/aromatic N) is 2. The number of hydrogen-bond acceptors (Lipinski definition) is 10. The Labute approximate surface area is 321 Å². The molecular formula is C41H38N5O9P. The average molecular weight is 776 g/mol. The minimum absolute atomic E-state index is 0.0328. The third kappa shape index (κ3) is 5.09. The number of hydrogen-bond donors (Lipinski definition) is 5. The Bertz CT molecular complexity index is 2590. The highest BCUT2D eigenvalue weighted by Gasteiger charge is 2.62. The van der Waals surface area contributed by atoms with E-state index in [4.69, 9.17) is 28.1 Å². The van der Waals surface area contributed by atoms with Crippen molar-refractivity contribution in [2.45, 2.75) is 70.4 Å². The Balaban J connectivity index is 1.22. The van der Waals surface area contributed by atoms with E-state index in [0.29, 0.717) is 28.5 Å². The predicted molar refractivity (Wildman–Crippen MR) is 202 cm³/mol. The largest absolute Gasteiger partial charge is 0.470 e. The minimum Gasteiger partial charge on any atom is -0.469 e. The molecular weight excluding hydrogens is 737 g/mol. The molecule has 2 unspecified atom stereocenters. The van der Waals surface area contributed by atoms with Crippen LogP contribution in [0.15, 0.2) is 75.7 Å². The molecule has 0 saturated carbocycles. The van der Waals surface area contributed by atoms with Crippen molar-refractivity contribution >= 4 is 30.9 Å². The number of allylic oxidation sites excluding steroid dienone is 1. The van der Waals surface area contributed by atoms with E-state index >= 15 is 0 Å². The Kier molecular flexibility index (Phi) is 7.63. The fourth-order valence-electron chi connectivity index (χ4n) is 8.98. The fourth-order valence-corrected chi connectivity index (χ4v) is 9.61. The van der Waals surface area contributed by atoms with Gasteiger partial charge in [-0.15, -0.1) is 0 Å². The highest BCUT2D eigenvalue weighted by molar-refractivity contribution is 7.46. The van der Waals surface area contributed by atoms with Crippen LogP contribution in [0.2, 0.25) is 0 Å². The van der Waals surface area contributed by atoms with Crippen LogP contribution in [0.25, 0.3) is 28.3 Å². The van der Waals surface area contributed by atoms with E-state index in [1.54, 1.807) is 20.0 Å². The molecule has 0 saturated heterocycles. The topological polar surface area (TPSA) is 198 Å². The molecule has 286 valence electrons. The van der Waals surface area contributed by atoms with E-state index in [1.807, 2.05) is 38.1 Å². The van der Waals surface area contributed by atoms with Crippen LogP contribution in [0.5, 0.6) is 5.75 Å². The van der Waals surface area contributed by atoms with Crippen molar-refractivity contribution in [3.05, 3.63) is 112 Å². The van der Waals surface area contributed by atoms with Crippen molar-refractivity contribution in [3.63, 3.8) is 0 Å². The lowest BCUT2D eigenvalue weighted by atomic mass is 9.72. The lowest BCUT2D eigenvalue weighted by molar-refractivity contribution is -0.135. The zero-order chi connectivity index (χ0) is 38.8. The predicted octanol–water partition coefficient (Wildman–Crippen LogP) is 5.76. The molecule has 5 N–H and O–H groups in total. The maximum atomic E-state index is 14.3. The van der Waals surface area contributed by atoms with Gasteiger partial charge in [-0.05, 0) is 46.6 Å². The number of carbonyl (C=O) groups excluding carboxylic acids is 2. The van der Waals surface area contributed by atoms with Crippen LogP contribution < -0.4 is 20.7 Å². The molecule has 2 amide bonds. The van der Waals surface area contributed by atoms with E-state index in [1.165, 1.54) is 5.56 Å². The number of amides is 2. The minimum atomic E-state index is -5.04. The molecule has 15 heteroatoms. The Morgan fingerprint density at radius 1 is 1.04 bits per heavy atom. The molecule has 10 bridgehead atoms. The number of fused-ring (bicyclic) bond motifs is 7. The van der Waals surface area contributed by atoms with Crippen LogP contribution in [0.1, 0.15) is 79.0 Å². The molecule has 5 aliphatic rings. The summed E-state index contributed by atoms with van der Waals surface area (Å²) >= 11 is 0. The van der Waals surface area contributed by atoms with Crippen molar-refractivity contribution in [2.75, 3.05) is 5.32 Å². The summed E-state index contributed by atoms with van der Waals surface area (Å²) in [6.45, 7) is 7.04. The maximum absolute atomic E-state index is 14.3. The van der Waals surface area contributed by atoms with Gasteiger partial charge in [0, 0.05) is 34.4 Å². The number of carbonyl (C=O) groups is 2. The van der Waals surface area contributed by atoms with Crippen molar-refractivity contribution < 1.29 is 42.0 Å². The highest BCUT2D eigenvalue weighted by Crippen LogP contribution is 2.61. The summed E-state index contributed by atoms with van der Waals surface area (Å²) in [6.07, 6.45) is 2.44. The second-order valence-corrected chi connectivity index (χ2v) is 16.9. The standard InChI is InChI=1S/C41H38N5O9P/c1-18(2)31-39-45-33-35(54-39)41-25-10-6-9-23(22-8-5-7-21-12-13-24(30(21)22)29-17-42-38(33)52-29)32(25)46-40(41)53-28-14-11-20(15-26(28)41)16-27(36(47)44-31)43-37(48)34(19(3)4)55-56(49,50)51/h5-11,13-15,17-19,27,31,34,40,46H,12,16H2,1-4H3,(H,43,48)(H,44,47)(H2,49,50,51)/t27-,31?,34-,40-,41?/m0/s1. The first-order valence-electron chi connectivity index (χ1n) is 18.7. The van der Waals surface area contributed by atoms with Crippen LogP contribution in [0, 0.1) is 11.8 Å². The summed E-state index contributed by atoms with van der Waals surface area (Å²) in [5.41, 5.74) is 7.69. The van der Waals surface area contributed by atoms with Gasteiger partial charge in [0.15, 0.2) is 23.4 Å². The number of nitrogens with one attached hydrogen (secondary N) is 3. The third-order valence-electron chi connectivity index (χ3n) is 11.5. The zero-order valence-corrected chi connectivity index (χ0v) is 31.7. The van der Waals surface area contributed by atoms with Gasteiger partial charge in [0.25, 0.3) is 5.91 Å². The number of oxazole rings is 2. The van der Waals surface area contributed by atoms with Gasteiger partial charge in [0.2, 0.25) is 17.7 Å². The van der Waals surface area contributed by atoms with Crippen LogP contribution in [0.3, 0.4) is 0 Å². The summed E-state index contributed by atoms with van der Waals surface area (Å²) in [5, 5.41) is 9.56.